The molecule has 0 aromatic heterocycles. The Labute approximate surface area is 170 Å². The molecule has 0 aromatic carbocycles. The monoisotopic (exact) mass is 419 g/mol. The van der Waals surface area contributed by atoms with Crippen LogP contribution in [0.25, 0.3) is 0 Å². The smallest absolute Gasteiger partial charge is 0.335 e. The lowest BCUT2D eigenvalue weighted by Gasteiger charge is -2.31. The maximum atomic E-state index is 12.5. The molecule has 5 nitrogen and oxygen atoms in total. The van der Waals surface area contributed by atoms with E-state index in [2.05, 4.69) is 53.0 Å². The van der Waals surface area contributed by atoms with Gasteiger partial charge in [-0.3, -0.25) is 9.69 Å². The van der Waals surface area contributed by atoms with Gasteiger partial charge in [-0.05, 0) is 70.5 Å². The van der Waals surface area contributed by atoms with Crippen LogP contribution < -0.4 is 0 Å². The van der Waals surface area contributed by atoms with E-state index in [1.807, 2.05) is 6.92 Å². The first-order valence-electron chi connectivity index (χ1n) is 11.0. The normalized spacial score (nSPS) is 15.6. The SMILES string of the molecule is CCO[Si](C)(CCCN(CC)CC(=O)O[Si](CC)(CC)CC)OC(C)CC. The maximum absolute atomic E-state index is 12.5. The zero-order valence-corrected chi connectivity index (χ0v) is 21.2. The standard InChI is InChI=1S/C20H45NO4Si2/c1-9-19(7)24-26(8,23-11-3)17-15-16-21(10-2)18-20(22)25-27(12-4,13-5)14-6/h19H,9-18H2,1-8H3. The zero-order chi connectivity index (χ0) is 20.9. The zero-order valence-electron chi connectivity index (χ0n) is 19.2. The van der Waals surface area contributed by atoms with Crippen LogP contribution >= 0.6 is 0 Å². The molecule has 0 rings (SSSR count). The Morgan fingerprint density at radius 3 is 2.07 bits per heavy atom. The fourth-order valence-corrected chi connectivity index (χ4v) is 8.61. The molecule has 0 bridgehead atoms. The number of hydrogen-bond acceptors (Lipinski definition) is 5. The van der Waals surface area contributed by atoms with Crippen molar-refractivity contribution in [3.8, 4) is 0 Å². The molecule has 0 aliphatic rings. The van der Waals surface area contributed by atoms with Crippen LogP contribution in [0.2, 0.25) is 30.7 Å². The quantitative estimate of drug-likeness (QED) is 0.323. The van der Waals surface area contributed by atoms with Gasteiger partial charge in [0.2, 0.25) is 0 Å². The van der Waals surface area contributed by atoms with Gasteiger partial charge >= 0.3 is 14.5 Å². The van der Waals surface area contributed by atoms with Gasteiger partial charge in [-0.25, -0.2) is 0 Å². The summed E-state index contributed by atoms with van der Waals surface area (Å²) in [5.74, 6) is -0.0465. The summed E-state index contributed by atoms with van der Waals surface area (Å²) >= 11 is 0. The molecule has 0 spiro atoms. The number of carbonyl (C=O) groups is 1. The lowest BCUT2D eigenvalue weighted by Crippen LogP contribution is -2.43. The van der Waals surface area contributed by atoms with E-state index >= 15 is 0 Å². The van der Waals surface area contributed by atoms with Gasteiger partial charge in [0.05, 0.1) is 6.54 Å². The van der Waals surface area contributed by atoms with Crippen molar-refractivity contribution < 1.29 is 18.1 Å². The Morgan fingerprint density at radius 1 is 1.04 bits per heavy atom. The van der Waals surface area contributed by atoms with Gasteiger partial charge in [-0.2, -0.15) is 0 Å². The van der Waals surface area contributed by atoms with E-state index in [0.717, 1.165) is 50.1 Å². The molecular formula is C20H45NO4Si2. The molecule has 0 fully saturated rings. The highest BCUT2D eigenvalue weighted by molar-refractivity contribution is 6.74. The molecule has 2 atom stereocenters. The molecule has 2 unspecified atom stereocenters. The predicted octanol–water partition coefficient (Wildman–Crippen LogP) is 5.17. The molecular weight excluding hydrogens is 374 g/mol. The first kappa shape index (κ1) is 26.8. The van der Waals surface area contributed by atoms with Gasteiger partial charge in [-0.15, -0.1) is 0 Å². The number of carbonyl (C=O) groups excluding carboxylic acids is 1. The number of nitrogens with zero attached hydrogens (tertiary/aromatic N) is 1. The highest BCUT2D eigenvalue weighted by Crippen LogP contribution is 2.22. The number of rotatable bonds is 16. The second kappa shape index (κ2) is 13.9. The molecule has 0 radical (unpaired) electrons. The van der Waals surface area contributed by atoms with Gasteiger partial charge in [0.25, 0.3) is 8.32 Å². The van der Waals surface area contributed by atoms with Crippen LogP contribution in [0.5, 0.6) is 0 Å². The van der Waals surface area contributed by atoms with Gasteiger partial charge in [0.1, 0.15) is 0 Å². The van der Waals surface area contributed by atoms with Crippen molar-refractivity contribution in [3.63, 3.8) is 0 Å². The summed E-state index contributed by atoms with van der Waals surface area (Å²) in [7, 11) is -4.01. The molecule has 0 heterocycles. The van der Waals surface area contributed by atoms with Crippen molar-refractivity contribution in [1.29, 1.82) is 0 Å². The van der Waals surface area contributed by atoms with Crippen LogP contribution in [0.15, 0.2) is 0 Å². The van der Waals surface area contributed by atoms with Crippen LogP contribution in [0.3, 0.4) is 0 Å². The third kappa shape index (κ3) is 10.2. The summed E-state index contributed by atoms with van der Waals surface area (Å²) in [5, 5.41) is 0. The molecule has 7 heteroatoms. The largest absolute Gasteiger partial charge is 0.518 e. The third-order valence-electron chi connectivity index (χ3n) is 5.64. The summed E-state index contributed by atoms with van der Waals surface area (Å²) in [6.07, 6.45) is 2.22. The second-order valence-corrected chi connectivity index (χ2v) is 15.6. The van der Waals surface area contributed by atoms with Crippen LogP contribution in [0.4, 0.5) is 0 Å². The van der Waals surface area contributed by atoms with Crippen LogP contribution in [-0.4, -0.2) is 60.1 Å². The Kier molecular flexibility index (Phi) is 13.8. The van der Waals surface area contributed by atoms with E-state index in [0.29, 0.717) is 13.2 Å². The van der Waals surface area contributed by atoms with Crippen molar-refractivity contribution in [1.82, 2.24) is 4.90 Å². The second-order valence-electron chi connectivity index (χ2n) is 7.59. The Balaban J connectivity index is 4.60. The Bertz CT molecular complexity index is 399. The van der Waals surface area contributed by atoms with E-state index in [4.69, 9.17) is 13.3 Å². The lowest BCUT2D eigenvalue weighted by molar-refractivity contribution is -0.136. The molecule has 0 amide bonds. The molecule has 0 aromatic rings. The van der Waals surface area contributed by atoms with E-state index in [-0.39, 0.29) is 12.1 Å². The van der Waals surface area contributed by atoms with Gasteiger partial charge in [0.15, 0.2) is 0 Å². The van der Waals surface area contributed by atoms with Crippen molar-refractivity contribution in [3.05, 3.63) is 0 Å². The fraction of sp³-hybridized carbons (Fsp3) is 0.950. The minimum Gasteiger partial charge on any atom is -0.518 e. The average Bonchev–Trinajstić information content (AvgIpc) is 2.65. The first-order valence-corrected chi connectivity index (χ1v) is 16.0. The summed E-state index contributed by atoms with van der Waals surface area (Å²) in [4.78, 5) is 14.7. The summed E-state index contributed by atoms with van der Waals surface area (Å²) in [6.45, 7) is 19.8. The van der Waals surface area contributed by atoms with Gasteiger partial charge in [-0.1, -0.05) is 34.6 Å². The highest BCUT2D eigenvalue weighted by Gasteiger charge is 2.34. The molecule has 27 heavy (non-hydrogen) atoms. The van der Waals surface area contributed by atoms with Crippen molar-refractivity contribution in [2.75, 3.05) is 26.2 Å². The minimum absolute atomic E-state index is 0.0465. The number of likely N-dealkylation sites (N-methyl/N-ethyl adjacent to an activating group) is 1. The average molecular weight is 420 g/mol. The molecule has 162 valence electrons. The van der Waals surface area contributed by atoms with Gasteiger partial charge in [0, 0.05) is 12.7 Å². The molecule has 0 N–H and O–H groups in total. The highest BCUT2D eigenvalue weighted by atomic mass is 28.4. The minimum atomic E-state index is -2.14. The van der Waals surface area contributed by atoms with E-state index in [9.17, 15) is 4.79 Å². The van der Waals surface area contributed by atoms with E-state index in [1.165, 1.54) is 0 Å². The lowest BCUT2D eigenvalue weighted by atomic mass is 10.3. The summed E-state index contributed by atoms with van der Waals surface area (Å²) < 4.78 is 18.3. The summed E-state index contributed by atoms with van der Waals surface area (Å²) in [6, 6.07) is 3.96. The van der Waals surface area contributed by atoms with Gasteiger partial charge < -0.3 is 13.3 Å². The Morgan fingerprint density at radius 2 is 1.63 bits per heavy atom. The van der Waals surface area contributed by atoms with Crippen LogP contribution in [0.1, 0.15) is 61.3 Å². The van der Waals surface area contributed by atoms with E-state index in [1.54, 1.807) is 0 Å². The van der Waals surface area contributed by atoms with E-state index < -0.39 is 16.9 Å². The van der Waals surface area contributed by atoms with Crippen molar-refractivity contribution >= 4 is 22.8 Å². The first-order chi connectivity index (χ1) is 12.7. The predicted molar refractivity (Wildman–Crippen MR) is 119 cm³/mol. The van der Waals surface area contributed by atoms with Crippen molar-refractivity contribution in [2.24, 2.45) is 0 Å². The number of hydrogen-bond donors (Lipinski definition) is 0. The third-order valence-corrected chi connectivity index (χ3v) is 13.2. The molecule has 0 saturated heterocycles. The maximum Gasteiger partial charge on any atom is 0.335 e. The fourth-order valence-electron chi connectivity index (χ4n) is 3.37. The summed E-state index contributed by atoms with van der Waals surface area (Å²) in [5.41, 5.74) is 0. The van der Waals surface area contributed by atoms with Crippen LogP contribution in [-0.2, 0) is 18.1 Å². The molecule has 0 saturated carbocycles. The molecule has 0 aliphatic heterocycles. The van der Waals surface area contributed by atoms with Crippen LogP contribution in [0, 0.1) is 0 Å². The van der Waals surface area contributed by atoms with Crippen molar-refractivity contribution in [2.45, 2.75) is 98.1 Å². The Hall–Kier alpha value is -0.216. The topological polar surface area (TPSA) is 48.0 Å². The molecule has 0 aliphatic carbocycles.